The van der Waals surface area contributed by atoms with Gasteiger partial charge in [-0.15, -0.1) is 0 Å². The summed E-state index contributed by atoms with van der Waals surface area (Å²) in [6, 6.07) is 5.99. The van der Waals surface area contributed by atoms with Crippen molar-refractivity contribution >= 4 is 16.8 Å². The van der Waals surface area contributed by atoms with E-state index in [9.17, 15) is 9.18 Å². The van der Waals surface area contributed by atoms with E-state index in [1.807, 2.05) is 6.92 Å². The normalized spacial score (nSPS) is 12.4. The average molecular weight is 290 g/mol. The van der Waals surface area contributed by atoms with Gasteiger partial charge in [0.1, 0.15) is 5.82 Å². The number of rotatable bonds is 5. The molecule has 0 unspecified atom stereocenters. The average Bonchev–Trinajstić information content (AvgIpc) is 2.43. The number of aromatic nitrogens is 1. The van der Waals surface area contributed by atoms with E-state index in [0.29, 0.717) is 28.8 Å². The van der Waals surface area contributed by atoms with E-state index in [1.54, 1.807) is 26.2 Å². The molecule has 0 saturated carbocycles. The number of aryl methyl sites for hydroxylation is 1. The number of nitrogens with zero attached hydrogens (tertiary/aromatic N) is 1. The van der Waals surface area contributed by atoms with Crippen molar-refractivity contribution in [1.29, 1.82) is 0 Å². The van der Waals surface area contributed by atoms with Gasteiger partial charge in [-0.25, -0.2) is 4.39 Å². The van der Waals surface area contributed by atoms with Gasteiger partial charge in [-0.3, -0.25) is 9.78 Å². The summed E-state index contributed by atoms with van der Waals surface area (Å²) in [5, 5.41) is 3.58. The number of carbonyl (C=O) groups excluding carboxylic acids is 1. The maximum absolute atomic E-state index is 13.3. The highest BCUT2D eigenvalue weighted by Crippen LogP contribution is 2.19. The monoisotopic (exact) mass is 290 g/mol. The molecule has 1 aromatic carbocycles. The molecule has 0 saturated heterocycles. The smallest absolute Gasteiger partial charge is 0.252 e. The van der Waals surface area contributed by atoms with Gasteiger partial charge >= 0.3 is 0 Å². The van der Waals surface area contributed by atoms with Gasteiger partial charge in [-0.05, 0) is 38.5 Å². The van der Waals surface area contributed by atoms with Gasteiger partial charge in [0.25, 0.3) is 5.91 Å². The van der Waals surface area contributed by atoms with Gasteiger partial charge in [-0.2, -0.15) is 0 Å². The van der Waals surface area contributed by atoms with Crippen molar-refractivity contribution in [3.63, 3.8) is 0 Å². The van der Waals surface area contributed by atoms with Gasteiger partial charge in [0, 0.05) is 36.9 Å². The molecule has 0 radical (unpaired) electrons. The Morgan fingerprint density at radius 1 is 1.43 bits per heavy atom. The van der Waals surface area contributed by atoms with Crippen LogP contribution in [0.1, 0.15) is 29.4 Å². The van der Waals surface area contributed by atoms with Crippen molar-refractivity contribution in [2.24, 2.45) is 0 Å². The number of benzene rings is 1. The van der Waals surface area contributed by atoms with E-state index < -0.39 is 0 Å². The van der Waals surface area contributed by atoms with E-state index >= 15 is 0 Å². The zero-order valence-corrected chi connectivity index (χ0v) is 12.4. The van der Waals surface area contributed by atoms with E-state index in [-0.39, 0.29) is 17.8 Å². The molecule has 0 aliphatic rings. The third-order valence-corrected chi connectivity index (χ3v) is 3.28. The first-order chi connectivity index (χ1) is 10.0. The molecule has 0 bridgehead atoms. The number of nitrogens with one attached hydrogen (secondary N) is 1. The standard InChI is InChI=1S/C16H19FN2O2/c1-10(6-7-21-3)19-16(20)14-8-11(2)18-15-9-12(17)4-5-13(14)15/h4-5,8-10H,6-7H2,1-3H3,(H,19,20)/t10-/m1/s1. The third-order valence-electron chi connectivity index (χ3n) is 3.28. The van der Waals surface area contributed by atoms with Gasteiger partial charge in [0.2, 0.25) is 0 Å². The Morgan fingerprint density at radius 2 is 2.19 bits per heavy atom. The van der Waals surface area contributed by atoms with Crippen molar-refractivity contribution in [2.45, 2.75) is 26.3 Å². The number of halogens is 1. The highest BCUT2D eigenvalue weighted by Gasteiger charge is 2.14. The molecule has 2 rings (SSSR count). The summed E-state index contributed by atoms with van der Waals surface area (Å²) >= 11 is 0. The maximum Gasteiger partial charge on any atom is 0.252 e. The summed E-state index contributed by atoms with van der Waals surface area (Å²) in [5.41, 5.74) is 1.69. The first kappa shape index (κ1) is 15.4. The van der Waals surface area contributed by atoms with Crippen LogP contribution >= 0.6 is 0 Å². The number of fused-ring (bicyclic) bond motifs is 1. The minimum absolute atomic E-state index is 0.00131. The van der Waals surface area contributed by atoms with Crippen molar-refractivity contribution in [1.82, 2.24) is 10.3 Å². The Bertz CT molecular complexity index is 653. The Balaban J connectivity index is 2.30. The second-order valence-corrected chi connectivity index (χ2v) is 5.13. The molecule has 1 N–H and O–H groups in total. The maximum atomic E-state index is 13.3. The number of ether oxygens (including phenoxy) is 1. The van der Waals surface area contributed by atoms with Gasteiger partial charge in [-0.1, -0.05) is 0 Å². The van der Waals surface area contributed by atoms with Crippen LogP contribution in [0.25, 0.3) is 10.9 Å². The molecule has 1 amide bonds. The molecule has 5 heteroatoms. The quantitative estimate of drug-likeness (QED) is 0.921. The number of amides is 1. The van der Waals surface area contributed by atoms with Crippen LogP contribution in [0.15, 0.2) is 24.3 Å². The first-order valence-electron chi connectivity index (χ1n) is 6.88. The number of hydrogen-bond acceptors (Lipinski definition) is 3. The number of methoxy groups -OCH3 is 1. The third kappa shape index (κ3) is 3.76. The Hall–Kier alpha value is -2.01. The van der Waals surface area contributed by atoms with Crippen LogP contribution in [0.4, 0.5) is 4.39 Å². The molecule has 112 valence electrons. The van der Waals surface area contributed by atoms with Gasteiger partial charge in [0.05, 0.1) is 11.1 Å². The van der Waals surface area contributed by atoms with E-state index in [2.05, 4.69) is 10.3 Å². The summed E-state index contributed by atoms with van der Waals surface area (Å²) in [6.45, 7) is 4.30. The Morgan fingerprint density at radius 3 is 2.90 bits per heavy atom. The fourth-order valence-corrected chi connectivity index (χ4v) is 2.19. The van der Waals surface area contributed by atoms with E-state index in [4.69, 9.17) is 4.74 Å². The molecule has 1 aromatic heterocycles. The lowest BCUT2D eigenvalue weighted by Gasteiger charge is -2.14. The number of hydrogen-bond donors (Lipinski definition) is 1. The van der Waals surface area contributed by atoms with Crippen LogP contribution in [0, 0.1) is 12.7 Å². The lowest BCUT2D eigenvalue weighted by molar-refractivity contribution is 0.0931. The SMILES string of the molecule is COCC[C@@H](C)NC(=O)c1cc(C)nc2cc(F)ccc12. The highest BCUT2D eigenvalue weighted by atomic mass is 19.1. The van der Waals surface area contributed by atoms with Gasteiger partial charge < -0.3 is 10.1 Å². The molecular formula is C16H19FN2O2. The molecule has 1 atom stereocenters. The predicted octanol–water partition coefficient (Wildman–Crippen LogP) is 2.84. The zero-order valence-electron chi connectivity index (χ0n) is 12.4. The van der Waals surface area contributed by atoms with Crippen LogP contribution in [-0.4, -0.2) is 30.6 Å². The van der Waals surface area contributed by atoms with Crippen LogP contribution in [0.5, 0.6) is 0 Å². The molecule has 0 aliphatic carbocycles. The summed E-state index contributed by atoms with van der Waals surface area (Å²) < 4.78 is 18.3. The molecule has 4 nitrogen and oxygen atoms in total. The fraction of sp³-hybridized carbons (Fsp3) is 0.375. The topological polar surface area (TPSA) is 51.2 Å². The second-order valence-electron chi connectivity index (χ2n) is 5.13. The molecule has 0 spiro atoms. The first-order valence-corrected chi connectivity index (χ1v) is 6.88. The second kappa shape index (κ2) is 6.63. The minimum atomic E-state index is -0.361. The lowest BCUT2D eigenvalue weighted by atomic mass is 10.1. The van der Waals surface area contributed by atoms with Crippen LogP contribution in [-0.2, 0) is 4.74 Å². The predicted molar refractivity (Wildman–Crippen MR) is 79.9 cm³/mol. The molecular weight excluding hydrogens is 271 g/mol. The Kier molecular flexibility index (Phi) is 4.85. The minimum Gasteiger partial charge on any atom is -0.385 e. The summed E-state index contributed by atoms with van der Waals surface area (Å²) in [6.07, 6.45) is 0.735. The fourth-order valence-electron chi connectivity index (χ4n) is 2.19. The van der Waals surface area contributed by atoms with Crippen molar-refractivity contribution in [3.05, 3.63) is 41.3 Å². The highest BCUT2D eigenvalue weighted by molar-refractivity contribution is 6.06. The van der Waals surface area contributed by atoms with Crippen LogP contribution in [0.3, 0.4) is 0 Å². The molecule has 0 fully saturated rings. The summed E-state index contributed by atoms with van der Waals surface area (Å²) in [7, 11) is 1.63. The van der Waals surface area contributed by atoms with Crippen molar-refractivity contribution < 1.29 is 13.9 Å². The van der Waals surface area contributed by atoms with Crippen molar-refractivity contribution in [3.8, 4) is 0 Å². The van der Waals surface area contributed by atoms with Gasteiger partial charge in [0.15, 0.2) is 0 Å². The zero-order chi connectivity index (χ0) is 15.4. The largest absolute Gasteiger partial charge is 0.385 e. The number of carbonyl (C=O) groups is 1. The molecule has 2 aromatic rings. The molecule has 1 heterocycles. The molecule has 0 aliphatic heterocycles. The van der Waals surface area contributed by atoms with Crippen LogP contribution in [0.2, 0.25) is 0 Å². The van der Waals surface area contributed by atoms with E-state index in [1.165, 1.54) is 12.1 Å². The molecule has 21 heavy (non-hydrogen) atoms. The number of pyridine rings is 1. The van der Waals surface area contributed by atoms with Crippen LogP contribution < -0.4 is 5.32 Å². The summed E-state index contributed by atoms with van der Waals surface area (Å²) in [4.78, 5) is 16.7. The lowest BCUT2D eigenvalue weighted by Crippen LogP contribution is -2.33. The summed E-state index contributed by atoms with van der Waals surface area (Å²) in [5.74, 6) is -0.541. The van der Waals surface area contributed by atoms with Crippen molar-refractivity contribution in [2.75, 3.05) is 13.7 Å². The van der Waals surface area contributed by atoms with E-state index in [0.717, 1.165) is 6.42 Å². The Labute approximate surface area is 123 Å².